The Balaban J connectivity index is 1.43. The molecule has 2 aromatic carbocycles. The molecule has 2 aromatic rings. The monoisotopic (exact) mass is 544 g/mol. The highest BCUT2D eigenvalue weighted by Crippen LogP contribution is 2.26. The topological polar surface area (TPSA) is 147 Å². The molecular formula is C26H28N2O11. The smallest absolute Gasteiger partial charge is 0.334 e. The molecule has 1 aliphatic heterocycles. The van der Waals surface area contributed by atoms with Crippen molar-refractivity contribution in [2.75, 3.05) is 53.7 Å². The molecular weight excluding hydrogens is 516 g/mol. The lowest BCUT2D eigenvalue weighted by Gasteiger charge is -2.31. The van der Waals surface area contributed by atoms with E-state index in [-0.39, 0.29) is 26.4 Å². The quantitative estimate of drug-likeness (QED) is 0.193. The minimum atomic E-state index is -1.12. The fourth-order valence-electron chi connectivity index (χ4n) is 3.43. The number of hydrogen-bond acceptors (Lipinski definition) is 11. The molecule has 1 fully saturated rings. The molecule has 0 saturated carbocycles. The molecule has 1 saturated heterocycles. The maximum Gasteiger partial charge on any atom is 0.334 e. The van der Waals surface area contributed by atoms with Crippen LogP contribution in [0.4, 0.5) is 4.79 Å². The number of nitrogens with zero attached hydrogens (tertiary/aromatic N) is 2. The normalized spacial score (nSPS) is 13.1. The van der Waals surface area contributed by atoms with Crippen LogP contribution in [-0.2, 0) is 28.7 Å². The maximum absolute atomic E-state index is 12.7. The van der Waals surface area contributed by atoms with Crippen molar-refractivity contribution in [2.45, 2.75) is 6.42 Å². The van der Waals surface area contributed by atoms with E-state index in [9.17, 15) is 24.0 Å². The van der Waals surface area contributed by atoms with Gasteiger partial charge in [0.15, 0.2) is 23.0 Å². The number of urea groups is 1. The summed E-state index contributed by atoms with van der Waals surface area (Å²) in [5.74, 6) is -1.67. The minimum absolute atomic E-state index is 0.00870. The molecule has 0 spiro atoms. The molecule has 3 rings (SSSR count). The van der Waals surface area contributed by atoms with Crippen LogP contribution >= 0.6 is 0 Å². The van der Waals surface area contributed by atoms with Crippen molar-refractivity contribution in [1.29, 1.82) is 0 Å². The minimum Gasteiger partial charge on any atom is -0.493 e. The average molecular weight is 545 g/mol. The lowest BCUT2D eigenvalue weighted by atomic mass is 10.2. The van der Waals surface area contributed by atoms with E-state index in [1.807, 2.05) is 0 Å². The number of methoxy groups -OCH3 is 2. The molecule has 0 atom stereocenters. The largest absolute Gasteiger partial charge is 0.493 e. The zero-order chi connectivity index (χ0) is 28.2. The van der Waals surface area contributed by atoms with Gasteiger partial charge in [-0.1, -0.05) is 24.3 Å². The maximum atomic E-state index is 12.7. The number of carbonyl (C=O) groups is 5. The van der Waals surface area contributed by atoms with Gasteiger partial charge < -0.3 is 28.4 Å². The van der Waals surface area contributed by atoms with Gasteiger partial charge in [0.1, 0.15) is 45.9 Å². The van der Waals surface area contributed by atoms with Gasteiger partial charge in [-0.25, -0.2) is 4.79 Å². The van der Waals surface area contributed by atoms with E-state index in [2.05, 4.69) is 0 Å². The summed E-state index contributed by atoms with van der Waals surface area (Å²) in [4.78, 5) is 62.7. The van der Waals surface area contributed by atoms with Crippen molar-refractivity contribution in [3.05, 3.63) is 48.5 Å². The second kappa shape index (κ2) is 14.2. The average Bonchev–Trinajstić information content (AvgIpc) is 2.94. The summed E-state index contributed by atoms with van der Waals surface area (Å²) in [6.45, 7) is -1.83. The summed E-state index contributed by atoms with van der Waals surface area (Å²) in [5, 5.41) is 0. The van der Waals surface area contributed by atoms with Gasteiger partial charge in [0, 0.05) is 0 Å². The first-order valence-electron chi connectivity index (χ1n) is 11.8. The molecule has 1 heterocycles. The van der Waals surface area contributed by atoms with Crippen LogP contribution in [0.5, 0.6) is 23.0 Å². The molecule has 208 valence electrons. The molecule has 0 aliphatic carbocycles. The van der Waals surface area contributed by atoms with Gasteiger partial charge in [0.25, 0.3) is 0 Å². The van der Waals surface area contributed by atoms with Crippen molar-refractivity contribution >= 4 is 29.8 Å². The Morgan fingerprint density at radius 2 is 1.03 bits per heavy atom. The molecule has 1 aliphatic rings. The lowest BCUT2D eigenvalue weighted by molar-refractivity contribution is -0.155. The van der Waals surface area contributed by atoms with Crippen LogP contribution in [0.3, 0.4) is 0 Å². The van der Waals surface area contributed by atoms with Crippen LogP contribution in [0, 0.1) is 0 Å². The number of rotatable bonds is 14. The Morgan fingerprint density at radius 1 is 0.641 bits per heavy atom. The molecule has 39 heavy (non-hydrogen) atoms. The van der Waals surface area contributed by atoms with Crippen LogP contribution in [0.15, 0.2) is 48.5 Å². The molecule has 0 unspecified atom stereocenters. The SMILES string of the molecule is COc1ccccc1OCCOC(=O)CN1C(=O)CC(=O)N(CC(=O)OCCOc2ccccc2OC)C1=O. The predicted molar refractivity (Wildman–Crippen MR) is 132 cm³/mol. The zero-order valence-electron chi connectivity index (χ0n) is 21.5. The van der Waals surface area contributed by atoms with Gasteiger partial charge in [-0.3, -0.25) is 29.0 Å². The third-order valence-electron chi connectivity index (χ3n) is 5.29. The predicted octanol–water partition coefficient (Wildman–Crippen LogP) is 1.43. The number of hydrogen-bond donors (Lipinski definition) is 0. The Labute approximate surface area is 224 Å². The molecule has 0 bridgehead atoms. The Kier molecular flexibility index (Phi) is 10.5. The summed E-state index contributed by atoms with van der Waals surface area (Å²) < 4.78 is 31.4. The van der Waals surface area contributed by atoms with E-state index < -0.39 is 49.3 Å². The van der Waals surface area contributed by atoms with Gasteiger partial charge in [-0.2, -0.15) is 0 Å². The number of barbiturate groups is 1. The third kappa shape index (κ3) is 8.09. The van der Waals surface area contributed by atoms with E-state index in [1.54, 1.807) is 48.5 Å². The molecule has 4 amide bonds. The van der Waals surface area contributed by atoms with Crippen LogP contribution in [0.1, 0.15) is 6.42 Å². The third-order valence-corrected chi connectivity index (χ3v) is 5.29. The number of para-hydroxylation sites is 4. The second-order valence-electron chi connectivity index (χ2n) is 7.86. The summed E-state index contributed by atoms with van der Waals surface area (Å²) in [5.41, 5.74) is 0. The Bertz CT molecular complexity index is 1110. The first-order valence-corrected chi connectivity index (χ1v) is 11.8. The van der Waals surface area contributed by atoms with Crippen LogP contribution in [-0.4, -0.2) is 93.3 Å². The van der Waals surface area contributed by atoms with E-state index in [0.717, 1.165) is 0 Å². The van der Waals surface area contributed by atoms with E-state index in [0.29, 0.717) is 32.8 Å². The van der Waals surface area contributed by atoms with Gasteiger partial charge in [0.2, 0.25) is 11.8 Å². The molecule has 0 aromatic heterocycles. The van der Waals surface area contributed by atoms with E-state index >= 15 is 0 Å². The highest BCUT2D eigenvalue weighted by Gasteiger charge is 2.40. The van der Waals surface area contributed by atoms with E-state index in [4.69, 9.17) is 28.4 Å². The Morgan fingerprint density at radius 3 is 1.41 bits per heavy atom. The van der Waals surface area contributed by atoms with Crippen molar-refractivity contribution in [2.24, 2.45) is 0 Å². The summed E-state index contributed by atoms with van der Waals surface area (Å²) >= 11 is 0. The first-order chi connectivity index (χ1) is 18.8. The second-order valence-corrected chi connectivity index (χ2v) is 7.86. The lowest BCUT2D eigenvalue weighted by Crippen LogP contribution is -2.57. The number of amides is 4. The van der Waals surface area contributed by atoms with Crippen molar-refractivity contribution < 1.29 is 52.4 Å². The van der Waals surface area contributed by atoms with Gasteiger partial charge >= 0.3 is 18.0 Å². The van der Waals surface area contributed by atoms with E-state index in [1.165, 1.54) is 14.2 Å². The van der Waals surface area contributed by atoms with Crippen molar-refractivity contribution in [3.8, 4) is 23.0 Å². The number of imide groups is 2. The van der Waals surface area contributed by atoms with Crippen molar-refractivity contribution in [1.82, 2.24) is 9.80 Å². The summed E-state index contributed by atoms with van der Waals surface area (Å²) in [6.07, 6.45) is -0.694. The first kappa shape index (κ1) is 28.8. The van der Waals surface area contributed by atoms with Crippen molar-refractivity contribution in [3.63, 3.8) is 0 Å². The number of benzene rings is 2. The highest BCUT2D eigenvalue weighted by molar-refractivity contribution is 6.15. The molecule has 0 N–H and O–H groups in total. The van der Waals surface area contributed by atoms with Gasteiger partial charge in [0.05, 0.1) is 14.2 Å². The van der Waals surface area contributed by atoms with Crippen LogP contribution in [0.2, 0.25) is 0 Å². The fraction of sp³-hybridized carbons (Fsp3) is 0.346. The highest BCUT2D eigenvalue weighted by atomic mass is 16.6. The number of carbonyl (C=O) groups excluding carboxylic acids is 5. The fourth-order valence-corrected chi connectivity index (χ4v) is 3.43. The molecule has 13 heteroatoms. The molecule has 13 nitrogen and oxygen atoms in total. The zero-order valence-corrected chi connectivity index (χ0v) is 21.5. The molecule has 0 radical (unpaired) electrons. The van der Waals surface area contributed by atoms with Gasteiger partial charge in [-0.15, -0.1) is 0 Å². The summed E-state index contributed by atoms with van der Waals surface area (Å²) in [6, 6.07) is 12.7. The number of esters is 2. The van der Waals surface area contributed by atoms with Crippen LogP contribution in [0.25, 0.3) is 0 Å². The summed E-state index contributed by atoms with van der Waals surface area (Å²) in [7, 11) is 2.97. The van der Waals surface area contributed by atoms with Crippen LogP contribution < -0.4 is 18.9 Å². The van der Waals surface area contributed by atoms with Gasteiger partial charge in [-0.05, 0) is 24.3 Å². The number of ether oxygens (including phenoxy) is 6. The Hall–Kier alpha value is -4.81. The standard InChI is InChI=1S/C26H28N2O11/c1-34-18-7-3-5-9-20(18)36-11-13-38-24(31)16-27-22(29)15-23(30)28(26(27)33)17-25(32)39-14-12-37-21-10-6-4-8-19(21)35-2/h3-10H,11-17H2,1-2H3.